The topological polar surface area (TPSA) is 142 Å². The number of sulfone groups is 1. The number of carbonyl (C=O) groups is 4. The van der Waals surface area contributed by atoms with E-state index in [0.29, 0.717) is 12.3 Å². The Bertz CT molecular complexity index is 1250. The summed E-state index contributed by atoms with van der Waals surface area (Å²) in [5.41, 5.74) is -1.31. The third kappa shape index (κ3) is 7.75. The Labute approximate surface area is 238 Å². The Morgan fingerprint density at radius 2 is 1.76 bits per heavy atom. The molecule has 0 aromatic rings. The van der Waals surface area contributed by atoms with Gasteiger partial charge in [0, 0.05) is 38.1 Å². The third-order valence-corrected chi connectivity index (χ3v) is 8.63. The second-order valence-corrected chi connectivity index (χ2v) is 14.2. The molecule has 0 radical (unpaired) electrons. The first-order valence-electron chi connectivity index (χ1n) is 13.2. The fraction of sp³-hybridized carbons (Fsp3) is 0.760. The molecule has 3 rings (SSSR count). The van der Waals surface area contributed by atoms with Crippen molar-refractivity contribution in [3.8, 4) is 0 Å². The molecular weight excluding hydrogens is 598 g/mol. The number of hydrogen-bond acceptors (Lipinski definition) is 6. The molecule has 0 aromatic carbocycles. The van der Waals surface area contributed by atoms with Gasteiger partial charge in [0.2, 0.25) is 38.6 Å². The molecule has 2 saturated heterocycles. The van der Waals surface area contributed by atoms with Crippen molar-refractivity contribution in [1.29, 1.82) is 0 Å². The standard InChI is InChI=1S/C25H34F6N4O6S/c1-23(2,3)18(34-22(39)25(29,30)31)21(38)35-11-13-9-24(27,28)10-15(13)17(35)20(37)33-14(8-16(26)42(4,40)41)7-12-5-6-32-19(12)36/h8,12-15,17-18H,5-7,9-11H2,1-4H3,(H,32,36)(H,33,37)(H,34,39)/b16-8+/t12-,13-,14+,15-,17+,18-/m1/s1. The SMILES string of the molecule is CC(C)(C)[C@H](NC(=O)C(F)(F)F)C(=O)N1C[C@H]2CC(F)(F)C[C@H]2[C@H]1C(=O)N[C@H](/C=C(\F)S(C)(=O)=O)C[C@H]1CCNC1=O. The lowest BCUT2D eigenvalue weighted by atomic mass is 9.85. The molecule has 0 bridgehead atoms. The van der Waals surface area contributed by atoms with Gasteiger partial charge in [-0.15, -0.1) is 0 Å². The number of hydrogen-bond donors (Lipinski definition) is 3. The molecule has 6 atom stereocenters. The largest absolute Gasteiger partial charge is 0.471 e. The number of likely N-dealkylation sites (tertiary alicyclic amines) is 1. The summed E-state index contributed by atoms with van der Waals surface area (Å²) in [5.74, 6) is -11.0. The predicted molar refractivity (Wildman–Crippen MR) is 136 cm³/mol. The van der Waals surface area contributed by atoms with Crippen molar-refractivity contribution < 1.29 is 53.9 Å². The lowest BCUT2D eigenvalue weighted by molar-refractivity contribution is -0.176. The number of carbonyl (C=O) groups excluding carboxylic acids is 4. The summed E-state index contributed by atoms with van der Waals surface area (Å²) in [4.78, 5) is 52.0. The van der Waals surface area contributed by atoms with E-state index in [1.165, 1.54) is 20.8 Å². The normalized spacial score (nSPS) is 27.7. The molecule has 1 aliphatic carbocycles. The van der Waals surface area contributed by atoms with Crippen LogP contribution in [-0.2, 0) is 29.0 Å². The Balaban J connectivity index is 1.97. The van der Waals surface area contributed by atoms with Gasteiger partial charge in [0.1, 0.15) is 12.1 Å². The highest BCUT2D eigenvalue weighted by Gasteiger charge is 2.59. The van der Waals surface area contributed by atoms with Gasteiger partial charge in [-0.3, -0.25) is 19.2 Å². The van der Waals surface area contributed by atoms with Crippen LogP contribution in [0.4, 0.5) is 26.3 Å². The van der Waals surface area contributed by atoms with Crippen molar-refractivity contribution in [1.82, 2.24) is 20.9 Å². The van der Waals surface area contributed by atoms with Crippen LogP contribution in [0.25, 0.3) is 0 Å². The highest BCUT2D eigenvalue weighted by atomic mass is 32.2. The summed E-state index contributed by atoms with van der Waals surface area (Å²) in [6.45, 7) is 3.97. The average molecular weight is 633 g/mol. The second-order valence-electron chi connectivity index (χ2n) is 12.3. The Morgan fingerprint density at radius 3 is 2.26 bits per heavy atom. The smallest absolute Gasteiger partial charge is 0.356 e. The van der Waals surface area contributed by atoms with E-state index in [4.69, 9.17) is 0 Å². The van der Waals surface area contributed by atoms with E-state index in [-0.39, 0.29) is 19.4 Å². The van der Waals surface area contributed by atoms with Gasteiger partial charge in [-0.25, -0.2) is 17.2 Å². The number of fused-ring (bicyclic) bond motifs is 1. The Kier molecular flexibility index (Phi) is 9.36. The van der Waals surface area contributed by atoms with Crippen molar-refractivity contribution in [3.05, 3.63) is 11.2 Å². The predicted octanol–water partition coefficient (Wildman–Crippen LogP) is 1.82. The third-order valence-electron chi connectivity index (χ3n) is 7.79. The molecule has 3 fully saturated rings. The lowest BCUT2D eigenvalue weighted by Gasteiger charge is -2.37. The molecule has 2 aliphatic heterocycles. The molecule has 4 amide bonds. The highest BCUT2D eigenvalue weighted by molar-refractivity contribution is 7.94. The number of rotatable bonds is 8. The van der Waals surface area contributed by atoms with Crippen molar-refractivity contribution in [2.75, 3.05) is 19.3 Å². The van der Waals surface area contributed by atoms with Gasteiger partial charge >= 0.3 is 12.1 Å². The minimum Gasteiger partial charge on any atom is -0.356 e. The molecule has 1 saturated carbocycles. The van der Waals surface area contributed by atoms with Crippen LogP contribution in [0.1, 0.15) is 46.5 Å². The van der Waals surface area contributed by atoms with Crippen LogP contribution in [-0.4, -0.2) is 86.5 Å². The first-order valence-corrected chi connectivity index (χ1v) is 15.1. The van der Waals surface area contributed by atoms with E-state index in [9.17, 15) is 53.9 Å². The van der Waals surface area contributed by atoms with Crippen molar-refractivity contribution in [2.24, 2.45) is 23.2 Å². The van der Waals surface area contributed by atoms with Crippen molar-refractivity contribution in [3.63, 3.8) is 0 Å². The second kappa shape index (κ2) is 11.7. The molecule has 3 aliphatic rings. The first-order chi connectivity index (χ1) is 19.0. The molecular formula is C25H34F6N4O6S. The number of halogens is 6. The molecule has 17 heteroatoms. The van der Waals surface area contributed by atoms with Gasteiger partial charge in [-0.2, -0.15) is 17.6 Å². The van der Waals surface area contributed by atoms with Gasteiger partial charge in [-0.1, -0.05) is 20.8 Å². The Hall–Kier alpha value is -2.85. The molecule has 42 heavy (non-hydrogen) atoms. The molecule has 0 aromatic heterocycles. The summed E-state index contributed by atoms with van der Waals surface area (Å²) in [6.07, 6.45) is -5.67. The first kappa shape index (κ1) is 33.6. The molecule has 2 heterocycles. The van der Waals surface area contributed by atoms with E-state index in [1.807, 2.05) is 0 Å². The quantitative estimate of drug-likeness (QED) is 0.349. The number of nitrogens with zero attached hydrogens (tertiary/aromatic N) is 1. The zero-order chi connectivity index (χ0) is 32.0. The zero-order valence-electron chi connectivity index (χ0n) is 23.4. The molecule has 0 unspecified atom stereocenters. The summed E-state index contributed by atoms with van der Waals surface area (Å²) in [6, 6.07) is -4.87. The summed E-state index contributed by atoms with van der Waals surface area (Å²) in [7, 11) is -4.36. The van der Waals surface area contributed by atoms with Crippen LogP contribution in [0.5, 0.6) is 0 Å². The highest BCUT2D eigenvalue weighted by Crippen LogP contribution is 2.50. The minimum absolute atomic E-state index is 0.252. The van der Waals surface area contributed by atoms with Crippen LogP contribution >= 0.6 is 0 Å². The van der Waals surface area contributed by atoms with Crippen LogP contribution in [0.2, 0.25) is 0 Å². The van der Waals surface area contributed by atoms with E-state index < -0.39 is 111 Å². The minimum atomic E-state index is -5.33. The van der Waals surface area contributed by atoms with Gasteiger partial charge in [0.25, 0.3) is 0 Å². The maximum atomic E-state index is 14.5. The van der Waals surface area contributed by atoms with Gasteiger partial charge in [0.15, 0.2) is 0 Å². The average Bonchev–Trinajstić information content (AvgIpc) is 3.45. The van der Waals surface area contributed by atoms with Crippen LogP contribution in [0, 0.1) is 23.2 Å². The summed E-state index contributed by atoms with van der Waals surface area (Å²) in [5, 5.41) is 4.95. The Morgan fingerprint density at radius 1 is 1.14 bits per heavy atom. The van der Waals surface area contributed by atoms with E-state index in [1.54, 1.807) is 5.32 Å². The maximum Gasteiger partial charge on any atom is 0.471 e. The van der Waals surface area contributed by atoms with Crippen molar-refractivity contribution >= 4 is 33.5 Å². The molecule has 3 N–H and O–H groups in total. The van der Waals surface area contributed by atoms with E-state index in [0.717, 1.165) is 4.90 Å². The fourth-order valence-corrected chi connectivity index (χ4v) is 6.19. The zero-order valence-corrected chi connectivity index (χ0v) is 24.2. The van der Waals surface area contributed by atoms with Gasteiger partial charge in [0.05, 0.1) is 6.04 Å². The van der Waals surface area contributed by atoms with Crippen molar-refractivity contribution in [2.45, 2.75) is 76.7 Å². The monoisotopic (exact) mass is 632 g/mol. The lowest BCUT2D eigenvalue weighted by Crippen LogP contribution is -2.60. The van der Waals surface area contributed by atoms with Crippen LogP contribution < -0.4 is 16.0 Å². The van der Waals surface area contributed by atoms with Crippen LogP contribution in [0.3, 0.4) is 0 Å². The van der Waals surface area contributed by atoms with Crippen LogP contribution in [0.15, 0.2) is 11.2 Å². The van der Waals surface area contributed by atoms with Gasteiger partial charge < -0.3 is 20.9 Å². The number of nitrogens with one attached hydrogen (secondary N) is 3. The maximum absolute atomic E-state index is 14.5. The van der Waals surface area contributed by atoms with E-state index >= 15 is 0 Å². The fourth-order valence-electron chi connectivity index (χ4n) is 5.78. The number of alkyl halides is 5. The molecule has 0 spiro atoms. The molecule has 10 nitrogen and oxygen atoms in total. The summed E-state index contributed by atoms with van der Waals surface area (Å²) >= 11 is 0. The van der Waals surface area contributed by atoms with Gasteiger partial charge in [-0.05, 0) is 36.2 Å². The summed E-state index contributed by atoms with van der Waals surface area (Å²) < 4.78 is 106. The number of amides is 4. The molecule has 238 valence electrons. The van der Waals surface area contributed by atoms with E-state index in [2.05, 4.69) is 10.6 Å².